The molecule has 1 fully saturated rings. The smallest absolute Gasteiger partial charge is 0.0548 e. The third kappa shape index (κ3) is 3.53. The molecule has 0 atom stereocenters. The summed E-state index contributed by atoms with van der Waals surface area (Å²) in [4.78, 5) is 2.40. The Morgan fingerprint density at radius 1 is 1.05 bits per heavy atom. The molecular weight excluding hydrogens is 274 g/mol. The number of nitrogens with one attached hydrogen (secondary N) is 1. The molecule has 1 saturated carbocycles. The Kier molecular flexibility index (Phi) is 4.12. The van der Waals surface area contributed by atoms with Gasteiger partial charge in [0, 0.05) is 22.4 Å². The van der Waals surface area contributed by atoms with Crippen molar-refractivity contribution < 1.29 is 0 Å². The number of rotatable bonds is 5. The van der Waals surface area contributed by atoms with Crippen LogP contribution in [0.4, 0.5) is 0 Å². The summed E-state index contributed by atoms with van der Waals surface area (Å²) in [6, 6.07) is 17.3. The van der Waals surface area contributed by atoms with Crippen LogP contribution in [0.25, 0.3) is 0 Å². The lowest BCUT2D eigenvalue weighted by atomic mass is 10.2. The van der Waals surface area contributed by atoms with E-state index in [4.69, 9.17) is 11.6 Å². The van der Waals surface area contributed by atoms with Gasteiger partial charge in [0.05, 0.1) is 5.02 Å². The number of benzene rings is 2. The summed E-state index contributed by atoms with van der Waals surface area (Å²) in [5, 5.41) is 4.39. The number of halogens is 1. The highest BCUT2D eigenvalue weighted by molar-refractivity contribution is 7.99. The molecule has 0 spiro atoms. The predicted molar refractivity (Wildman–Crippen MR) is 81.9 cm³/mol. The zero-order chi connectivity index (χ0) is 13.1. The van der Waals surface area contributed by atoms with E-state index in [0.717, 1.165) is 11.6 Å². The van der Waals surface area contributed by atoms with E-state index >= 15 is 0 Å². The fourth-order valence-corrected chi connectivity index (χ4v) is 3.23. The van der Waals surface area contributed by atoms with Gasteiger partial charge in [-0.3, -0.25) is 0 Å². The summed E-state index contributed by atoms with van der Waals surface area (Å²) in [6.45, 7) is 0.903. The molecule has 0 bridgehead atoms. The molecule has 98 valence electrons. The minimum atomic E-state index is 0.716. The van der Waals surface area contributed by atoms with E-state index in [2.05, 4.69) is 35.6 Å². The minimum absolute atomic E-state index is 0.716. The first-order valence-corrected chi connectivity index (χ1v) is 7.76. The van der Waals surface area contributed by atoms with Gasteiger partial charge in [0.2, 0.25) is 0 Å². The van der Waals surface area contributed by atoms with Gasteiger partial charge in [-0.05, 0) is 36.6 Å². The molecule has 0 saturated heterocycles. The van der Waals surface area contributed by atoms with E-state index < -0.39 is 0 Å². The Bertz CT molecular complexity index is 552. The van der Waals surface area contributed by atoms with Crippen molar-refractivity contribution in [2.24, 2.45) is 0 Å². The van der Waals surface area contributed by atoms with Crippen molar-refractivity contribution in [2.75, 3.05) is 0 Å². The molecule has 1 aliphatic rings. The van der Waals surface area contributed by atoms with Gasteiger partial charge in [-0.2, -0.15) is 0 Å². The first-order valence-electron chi connectivity index (χ1n) is 6.56. The van der Waals surface area contributed by atoms with Crippen molar-refractivity contribution in [3.63, 3.8) is 0 Å². The van der Waals surface area contributed by atoms with Crippen LogP contribution >= 0.6 is 23.4 Å². The lowest BCUT2D eigenvalue weighted by molar-refractivity contribution is 0.680. The molecule has 1 nitrogen and oxygen atoms in total. The van der Waals surface area contributed by atoms with Crippen LogP contribution < -0.4 is 5.32 Å². The van der Waals surface area contributed by atoms with Crippen molar-refractivity contribution in [3.05, 3.63) is 59.1 Å². The zero-order valence-electron chi connectivity index (χ0n) is 10.6. The third-order valence-corrected chi connectivity index (χ3v) is 4.79. The van der Waals surface area contributed by atoms with Gasteiger partial charge in [0.25, 0.3) is 0 Å². The van der Waals surface area contributed by atoms with E-state index in [9.17, 15) is 0 Å². The molecular formula is C16H16ClNS. The Labute approximate surface area is 123 Å². The van der Waals surface area contributed by atoms with Crippen LogP contribution in [0.5, 0.6) is 0 Å². The summed E-state index contributed by atoms with van der Waals surface area (Å²) in [5.41, 5.74) is 1.29. The average Bonchev–Trinajstić information content (AvgIpc) is 3.25. The first-order chi connectivity index (χ1) is 9.33. The van der Waals surface area contributed by atoms with E-state index in [0.29, 0.717) is 6.04 Å². The van der Waals surface area contributed by atoms with E-state index in [-0.39, 0.29) is 0 Å². The second-order valence-electron chi connectivity index (χ2n) is 4.80. The highest BCUT2D eigenvalue weighted by Crippen LogP contribution is 2.36. The van der Waals surface area contributed by atoms with Gasteiger partial charge in [-0.1, -0.05) is 53.7 Å². The summed E-state index contributed by atoms with van der Waals surface area (Å²) < 4.78 is 0. The van der Waals surface area contributed by atoms with Gasteiger partial charge in [-0.15, -0.1) is 0 Å². The van der Waals surface area contributed by atoms with Crippen LogP contribution in [0.15, 0.2) is 58.3 Å². The Morgan fingerprint density at radius 2 is 1.84 bits per heavy atom. The zero-order valence-corrected chi connectivity index (χ0v) is 12.2. The molecule has 1 N–H and O–H groups in total. The molecule has 0 unspecified atom stereocenters. The Hall–Kier alpha value is -0.960. The lowest BCUT2D eigenvalue weighted by Gasteiger charge is -2.11. The second-order valence-corrected chi connectivity index (χ2v) is 6.29. The second kappa shape index (κ2) is 6.00. The molecule has 0 amide bonds. The van der Waals surface area contributed by atoms with Crippen molar-refractivity contribution in [1.82, 2.24) is 5.32 Å². The molecule has 0 heterocycles. The van der Waals surface area contributed by atoms with Crippen LogP contribution in [0.3, 0.4) is 0 Å². The van der Waals surface area contributed by atoms with Crippen LogP contribution in [0.2, 0.25) is 5.02 Å². The number of hydrogen-bond donors (Lipinski definition) is 1. The Balaban J connectivity index is 1.81. The van der Waals surface area contributed by atoms with Crippen LogP contribution in [-0.2, 0) is 6.54 Å². The van der Waals surface area contributed by atoms with Gasteiger partial charge in [0.15, 0.2) is 0 Å². The number of hydrogen-bond acceptors (Lipinski definition) is 2. The largest absolute Gasteiger partial charge is 0.310 e. The summed E-state index contributed by atoms with van der Waals surface area (Å²) >= 11 is 8.10. The fourth-order valence-electron chi connectivity index (χ4n) is 1.96. The van der Waals surface area contributed by atoms with E-state index in [1.165, 1.54) is 28.2 Å². The molecule has 0 aromatic heterocycles. The van der Waals surface area contributed by atoms with Crippen LogP contribution in [0, 0.1) is 0 Å². The van der Waals surface area contributed by atoms with Crippen molar-refractivity contribution in [1.29, 1.82) is 0 Å². The van der Waals surface area contributed by atoms with E-state index in [1.54, 1.807) is 11.8 Å². The van der Waals surface area contributed by atoms with E-state index in [1.807, 2.05) is 18.2 Å². The predicted octanol–water partition coefficient (Wildman–Crippen LogP) is 4.74. The first kappa shape index (κ1) is 13.0. The van der Waals surface area contributed by atoms with Crippen molar-refractivity contribution in [3.8, 4) is 0 Å². The standard InChI is InChI=1S/C16H16ClNS/c17-15-8-4-5-12(11-18-13-9-10-13)16(15)19-14-6-2-1-3-7-14/h1-8,13,18H,9-11H2. The average molecular weight is 290 g/mol. The third-order valence-electron chi connectivity index (χ3n) is 3.17. The van der Waals surface area contributed by atoms with Crippen molar-refractivity contribution >= 4 is 23.4 Å². The topological polar surface area (TPSA) is 12.0 Å². The molecule has 3 rings (SSSR count). The summed E-state index contributed by atoms with van der Waals surface area (Å²) in [7, 11) is 0. The molecule has 19 heavy (non-hydrogen) atoms. The van der Waals surface area contributed by atoms with Crippen LogP contribution in [0.1, 0.15) is 18.4 Å². The normalized spacial score (nSPS) is 14.6. The minimum Gasteiger partial charge on any atom is -0.310 e. The van der Waals surface area contributed by atoms with Gasteiger partial charge < -0.3 is 5.32 Å². The quantitative estimate of drug-likeness (QED) is 0.853. The molecule has 1 aliphatic carbocycles. The molecule has 2 aromatic rings. The molecule has 0 radical (unpaired) electrons. The maximum absolute atomic E-state index is 6.36. The van der Waals surface area contributed by atoms with Crippen molar-refractivity contribution in [2.45, 2.75) is 35.2 Å². The monoisotopic (exact) mass is 289 g/mol. The SMILES string of the molecule is Clc1cccc(CNC2CC2)c1Sc1ccccc1. The van der Waals surface area contributed by atoms with Gasteiger partial charge in [0.1, 0.15) is 0 Å². The fraction of sp³-hybridized carbons (Fsp3) is 0.250. The molecule has 3 heteroatoms. The summed E-state index contributed by atoms with van der Waals surface area (Å²) in [5.74, 6) is 0. The maximum Gasteiger partial charge on any atom is 0.0548 e. The lowest BCUT2D eigenvalue weighted by Crippen LogP contribution is -2.15. The van der Waals surface area contributed by atoms with Gasteiger partial charge in [-0.25, -0.2) is 0 Å². The highest BCUT2D eigenvalue weighted by Gasteiger charge is 2.20. The summed E-state index contributed by atoms with van der Waals surface area (Å²) in [6.07, 6.45) is 2.61. The van der Waals surface area contributed by atoms with Crippen LogP contribution in [-0.4, -0.2) is 6.04 Å². The Morgan fingerprint density at radius 3 is 2.58 bits per heavy atom. The highest BCUT2D eigenvalue weighted by atomic mass is 35.5. The molecule has 2 aromatic carbocycles. The van der Waals surface area contributed by atoms with Gasteiger partial charge >= 0.3 is 0 Å². The molecule has 0 aliphatic heterocycles. The maximum atomic E-state index is 6.36.